The Kier molecular flexibility index (Phi) is 4.88. The van der Waals surface area contributed by atoms with Gasteiger partial charge in [0.15, 0.2) is 0 Å². The molecule has 5 heteroatoms. The zero-order valence-electron chi connectivity index (χ0n) is 13.4. The summed E-state index contributed by atoms with van der Waals surface area (Å²) in [5.74, 6) is 0.829. The number of ether oxygens (including phenoxy) is 1. The van der Waals surface area contributed by atoms with Gasteiger partial charge in [-0.1, -0.05) is 12.1 Å². The van der Waals surface area contributed by atoms with Gasteiger partial charge in [-0.2, -0.15) is 0 Å². The lowest BCUT2D eigenvalue weighted by Crippen LogP contribution is -2.43. The van der Waals surface area contributed by atoms with Crippen LogP contribution >= 0.6 is 0 Å². The Bertz CT molecular complexity index is 501. The van der Waals surface area contributed by atoms with E-state index in [1.54, 1.807) is 7.11 Å². The number of aliphatic hydroxyl groups excluding tert-OH is 1. The normalized spacial score (nSPS) is 25.1. The molecule has 0 unspecified atom stereocenters. The molecule has 0 saturated carbocycles. The van der Waals surface area contributed by atoms with Gasteiger partial charge in [-0.05, 0) is 51.3 Å². The van der Waals surface area contributed by atoms with Gasteiger partial charge < -0.3 is 14.4 Å². The van der Waals surface area contributed by atoms with E-state index in [0.717, 1.165) is 16.9 Å². The molecule has 1 aromatic rings. The SMILES string of the molecule is COc1cccc([C@@H]2C[C@@H](O)CN2[S@+]([O-])C(C)(C)C)c1C. The zero-order chi connectivity index (χ0) is 15.8. The van der Waals surface area contributed by atoms with Crippen LogP contribution in [0.15, 0.2) is 18.2 Å². The van der Waals surface area contributed by atoms with Crippen LogP contribution in [-0.4, -0.2) is 38.5 Å². The van der Waals surface area contributed by atoms with E-state index >= 15 is 0 Å². The van der Waals surface area contributed by atoms with Gasteiger partial charge in [-0.25, -0.2) is 0 Å². The molecule has 0 spiro atoms. The minimum atomic E-state index is -1.15. The van der Waals surface area contributed by atoms with Crippen molar-refractivity contribution >= 4 is 11.4 Å². The summed E-state index contributed by atoms with van der Waals surface area (Å²) in [6, 6.07) is 5.88. The summed E-state index contributed by atoms with van der Waals surface area (Å²) < 4.78 is 19.7. The smallest absolute Gasteiger partial charge is 0.137 e. The highest BCUT2D eigenvalue weighted by molar-refractivity contribution is 7.90. The Morgan fingerprint density at radius 3 is 2.62 bits per heavy atom. The van der Waals surface area contributed by atoms with Crippen molar-refractivity contribution in [3.8, 4) is 5.75 Å². The highest BCUT2D eigenvalue weighted by Gasteiger charge is 2.44. The van der Waals surface area contributed by atoms with Crippen LogP contribution in [0.1, 0.15) is 44.4 Å². The summed E-state index contributed by atoms with van der Waals surface area (Å²) in [6.07, 6.45) is 0.169. The molecule has 1 aliphatic rings. The molecular weight excluding hydrogens is 286 g/mol. The average Bonchev–Trinajstić information content (AvgIpc) is 2.78. The van der Waals surface area contributed by atoms with Gasteiger partial charge in [-0.3, -0.25) is 0 Å². The van der Waals surface area contributed by atoms with Crippen molar-refractivity contribution in [2.24, 2.45) is 0 Å². The fourth-order valence-electron chi connectivity index (χ4n) is 2.82. The second kappa shape index (κ2) is 6.16. The van der Waals surface area contributed by atoms with Crippen LogP contribution in [0, 0.1) is 6.92 Å². The van der Waals surface area contributed by atoms with E-state index in [1.165, 1.54) is 0 Å². The lowest BCUT2D eigenvalue weighted by Gasteiger charge is -2.34. The number of hydrogen-bond acceptors (Lipinski definition) is 4. The van der Waals surface area contributed by atoms with Crippen molar-refractivity contribution in [1.29, 1.82) is 0 Å². The van der Waals surface area contributed by atoms with Crippen molar-refractivity contribution in [3.63, 3.8) is 0 Å². The summed E-state index contributed by atoms with van der Waals surface area (Å²) in [5.41, 5.74) is 2.14. The first kappa shape index (κ1) is 16.6. The molecule has 1 heterocycles. The molecule has 21 heavy (non-hydrogen) atoms. The molecule has 0 amide bonds. The van der Waals surface area contributed by atoms with Gasteiger partial charge in [0.2, 0.25) is 0 Å². The Morgan fingerprint density at radius 1 is 1.38 bits per heavy atom. The first-order valence-electron chi connectivity index (χ1n) is 7.26. The Balaban J connectivity index is 2.37. The number of methoxy groups -OCH3 is 1. The predicted molar refractivity (Wildman–Crippen MR) is 85.7 cm³/mol. The lowest BCUT2D eigenvalue weighted by molar-refractivity contribution is 0.188. The van der Waals surface area contributed by atoms with E-state index < -0.39 is 17.5 Å². The van der Waals surface area contributed by atoms with Gasteiger partial charge in [0.1, 0.15) is 10.5 Å². The van der Waals surface area contributed by atoms with E-state index in [-0.39, 0.29) is 10.8 Å². The summed E-state index contributed by atoms with van der Waals surface area (Å²) in [7, 11) is 1.65. The van der Waals surface area contributed by atoms with Crippen molar-refractivity contribution < 1.29 is 14.4 Å². The van der Waals surface area contributed by atoms with E-state index in [4.69, 9.17) is 4.74 Å². The van der Waals surface area contributed by atoms with Crippen LogP contribution in [0.2, 0.25) is 0 Å². The summed E-state index contributed by atoms with van der Waals surface area (Å²) in [4.78, 5) is 0. The maximum Gasteiger partial charge on any atom is 0.137 e. The molecule has 1 aromatic carbocycles. The molecule has 1 saturated heterocycles. The first-order chi connectivity index (χ1) is 9.75. The van der Waals surface area contributed by atoms with E-state index in [2.05, 4.69) is 0 Å². The zero-order valence-corrected chi connectivity index (χ0v) is 14.2. The highest BCUT2D eigenvalue weighted by atomic mass is 32.2. The average molecular weight is 311 g/mol. The monoisotopic (exact) mass is 311 g/mol. The van der Waals surface area contributed by atoms with Crippen molar-refractivity contribution in [2.45, 2.75) is 51.0 Å². The molecule has 1 N–H and O–H groups in total. The number of nitrogens with zero attached hydrogens (tertiary/aromatic N) is 1. The molecule has 2 rings (SSSR count). The predicted octanol–water partition coefficient (Wildman–Crippen LogP) is 2.57. The second-order valence-corrected chi connectivity index (χ2v) is 8.73. The summed E-state index contributed by atoms with van der Waals surface area (Å²) in [5, 5.41) is 10.1. The van der Waals surface area contributed by atoms with Crippen molar-refractivity contribution in [2.75, 3.05) is 13.7 Å². The molecule has 0 radical (unpaired) electrons. The number of β-amino-alcohol motifs (C(OH)–C–C–N with tert-alkyl or cyclic N) is 1. The third-order valence-corrected chi connectivity index (χ3v) is 5.75. The van der Waals surface area contributed by atoms with Crippen molar-refractivity contribution in [1.82, 2.24) is 4.31 Å². The molecule has 3 atom stereocenters. The molecule has 1 aliphatic heterocycles. The molecule has 1 fully saturated rings. The largest absolute Gasteiger partial charge is 0.597 e. The number of rotatable bonds is 3. The first-order valence-corrected chi connectivity index (χ1v) is 8.36. The molecule has 0 aliphatic carbocycles. The fraction of sp³-hybridized carbons (Fsp3) is 0.625. The highest BCUT2D eigenvalue weighted by Crippen LogP contribution is 2.40. The molecule has 0 bridgehead atoms. The standard InChI is InChI=1S/C16H25NO3S/c1-11-13(7-6-8-15(11)20-5)14-9-12(18)10-17(14)21(19)16(2,3)4/h6-8,12,14,18H,9-10H2,1-5H3/t12-,14+,21-/m1/s1. The lowest BCUT2D eigenvalue weighted by atomic mass is 9.99. The van der Waals surface area contributed by atoms with Gasteiger partial charge >= 0.3 is 0 Å². The number of benzene rings is 1. The van der Waals surface area contributed by atoms with Crippen LogP contribution < -0.4 is 4.74 Å². The maximum absolute atomic E-state index is 12.8. The third kappa shape index (κ3) is 3.37. The fourth-order valence-corrected chi connectivity index (χ4v) is 4.26. The molecule has 118 valence electrons. The van der Waals surface area contributed by atoms with Crippen LogP contribution in [0.4, 0.5) is 0 Å². The molecular formula is C16H25NO3S. The number of aliphatic hydroxyl groups is 1. The number of hydrogen-bond donors (Lipinski definition) is 1. The van der Waals surface area contributed by atoms with Gasteiger partial charge in [0, 0.05) is 11.4 Å². The summed E-state index contributed by atoms with van der Waals surface area (Å²) in [6.45, 7) is 8.35. The molecule has 4 nitrogen and oxygen atoms in total. The third-order valence-electron chi connectivity index (χ3n) is 3.88. The van der Waals surface area contributed by atoms with Gasteiger partial charge in [-0.15, -0.1) is 4.31 Å². The molecule has 0 aromatic heterocycles. The summed E-state index contributed by atoms with van der Waals surface area (Å²) >= 11 is -1.15. The van der Waals surface area contributed by atoms with Crippen molar-refractivity contribution in [3.05, 3.63) is 29.3 Å². The minimum absolute atomic E-state index is 0.0323. The Morgan fingerprint density at radius 2 is 2.05 bits per heavy atom. The van der Waals surface area contributed by atoms with Crippen LogP contribution in [0.3, 0.4) is 0 Å². The van der Waals surface area contributed by atoms with E-state index in [9.17, 15) is 9.66 Å². The van der Waals surface area contributed by atoms with Gasteiger partial charge in [0.25, 0.3) is 0 Å². The van der Waals surface area contributed by atoms with Gasteiger partial charge in [0.05, 0.1) is 25.8 Å². The van der Waals surface area contributed by atoms with Crippen LogP contribution in [0.25, 0.3) is 0 Å². The van der Waals surface area contributed by atoms with E-state index in [1.807, 2.05) is 50.2 Å². The minimum Gasteiger partial charge on any atom is -0.597 e. The van der Waals surface area contributed by atoms with E-state index in [0.29, 0.717) is 13.0 Å². The Labute approximate surface area is 130 Å². The van der Waals surface area contributed by atoms with Crippen LogP contribution in [-0.2, 0) is 11.4 Å². The van der Waals surface area contributed by atoms with Crippen LogP contribution in [0.5, 0.6) is 5.75 Å². The maximum atomic E-state index is 12.8. The quantitative estimate of drug-likeness (QED) is 0.872. The topological polar surface area (TPSA) is 55.8 Å². The second-order valence-electron chi connectivity index (χ2n) is 6.54. The Hall–Kier alpha value is -0.750.